The zero-order valence-electron chi connectivity index (χ0n) is 10.1. The van der Waals surface area contributed by atoms with Gasteiger partial charge < -0.3 is 10.2 Å². The summed E-state index contributed by atoms with van der Waals surface area (Å²) >= 11 is 0. The molecule has 1 unspecified atom stereocenters. The Balaban J connectivity index is 1.89. The van der Waals surface area contributed by atoms with E-state index < -0.39 is 0 Å². The molecule has 2 amide bonds. The van der Waals surface area contributed by atoms with E-state index in [4.69, 9.17) is 0 Å². The molecule has 2 rings (SSSR count). The molecule has 90 valence electrons. The highest BCUT2D eigenvalue weighted by Gasteiger charge is 2.34. The first-order valence-corrected chi connectivity index (χ1v) is 6.03. The van der Waals surface area contributed by atoms with Crippen LogP contribution in [0.25, 0.3) is 0 Å². The van der Waals surface area contributed by atoms with Gasteiger partial charge in [-0.3, -0.25) is 9.59 Å². The number of nitrogens with zero attached hydrogens (tertiary/aromatic N) is 1. The molecule has 0 aromatic heterocycles. The maximum Gasteiger partial charge on any atom is 0.227 e. The van der Waals surface area contributed by atoms with Crippen LogP contribution in [0.2, 0.25) is 0 Å². The average molecular weight is 224 g/mol. The third-order valence-electron chi connectivity index (χ3n) is 3.76. The molecule has 2 fully saturated rings. The summed E-state index contributed by atoms with van der Waals surface area (Å²) in [5.41, 5.74) is 0.362. The van der Waals surface area contributed by atoms with Crippen molar-refractivity contribution in [2.75, 3.05) is 19.6 Å². The monoisotopic (exact) mass is 224 g/mol. The summed E-state index contributed by atoms with van der Waals surface area (Å²) in [6, 6.07) is 0. The van der Waals surface area contributed by atoms with Gasteiger partial charge in [0.2, 0.25) is 11.8 Å². The number of amides is 2. The second-order valence-electron chi connectivity index (χ2n) is 5.69. The number of carbonyl (C=O) groups excluding carboxylic acids is 2. The van der Waals surface area contributed by atoms with Crippen LogP contribution in [0, 0.1) is 11.3 Å². The lowest BCUT2D eigenvalue weighted by molar-refractivity contribution is -0.137. The molecule has 4 nitrogen and oxygen atoms in total. The molecule has 0 bridgehead atoms. The Morgan fingerprint density at radius 3 is 2.50 bits per heavy atom. The average Bonchev–Trinajstić information content (AvgIpc) is 2.64. The Morgan fingerprint density at radius 2 is 2.00 bits per heavy atom. The lowest BCUT2D eigenvalue weighted by Crippen LogP contribution is -2.44. The molecule has 0 spiro atoms. The summed E-state index contributed by atoms with van der Waals surface area (Å²) in [4.78, 5) is 25.1. The van der Waals surface area contributed by atoms with E-state index in [2.05, 4.69) is 19.2 Å². The highest BCUT2D eigenvalue weighted by atomic mass is 16.2. The van der Waals surface area contributed by atoms with Gasteiger partial charge in [0, 0.05) is 26.1 Å². The van der Waals surface area contributed by atoms with Crippen molar-refractivity contribution in [2.24, 2.45) is 11.3 Å². The minimum absolute atomic E-state index is 0.00990. The molecule has 16 heavy (non-hydrogen) atoms. The summed E-state index contributed by atoms with van der Waals surface area (Å²) in [6.07, 6.45) is 2.50. The number of hydrogen-bond donors (Lipinski definition) is 1. The van der Waals surface area contributed by atoms with Crippen molar-refractivity contribution in [1.82, 2.24) is 10.2 Å². The summed E-state index contributed by atoms with van der Waals surface area (Å²) in [6.45, 7) is 6.70. The standard InChI is InChI=1S/C12H20N2O2/c1-12(2)3-5-14(6-4-12)11(16)9-7-10(15)13-8-9/h9H,3-8H2,1-2H3,(H,13,15). The van der Waals surface area contributed by atoms with Crippen LogP contribution in [-0.4, -0.2) is 36.3 Å². The normalized spacial score (nSPS) is 29.0. The molecule has 2 aliphatic heterocycles. The van der Waals surface area contributed by atoms with Crippen molar-refractivity contribution in [3.05, 3.63) is 0 Å². The minimum atomic E-state index is -0.117. The third kappa shape index (κ3) is 2.36. The largest absolute Gasteiger partial charge is 0.355 e. The summed E-state index contributed by atoms with van der Waals surface area (Å²) in [7, 11) is 0. The first-order valence-electron chi connectivity index (χ1n) is 6.03. The number of likely N-dealkylation sites (tertiary alicyclic amines) is 1. The van der Waals surface area contributed by atoms with E-state index in [0.29, 0.717) is 18.4 Å². The Kier molecular flexibility index (Phi) is 2.91. The quantitative estimate of drug-likeness (QED) is 0.715. The smallest absolute Gasteiger partial charge is 0.227 e. The number of carbonyl (C=O) groups is 2. The lowest BCUT2D eigenvalue weighted by Gasteiger charge is -2.37. The van der Waals surface area contributed by atoms with E-state index in [1.54, 1.807) is 0 Å². The van der Waals surface area contributed by atoms with Gasteiger partial charge in [-0.25, -0.2) is 0 Å². The third-order valence-corrected chi connectivity index (χ3v) is 3.76. The van der Waals surface area contributed by atoms with Crippen molar-refractivity contribution in [1.29, 1.82) is 0 Å². The second-order valence-corrected chi connectivity index (χ2v) is 5.69. The van der Waals surface area contributed by atoms with Gasteiger partial charge >= 0.3 is 0 Å². The maximum atomic E-state index is 12.1. The topological polar surface area (TPSA) is 49.4 Å². The molecular weight excluding hydrogens is 204 g/mol. The van der Waals surface area contributed by atoms with Gasteiger partial charge in [-0.2, -0.15) is 0 Å². The molecule has 0 saturated carbocycles. The van der Waals surface area contributed by atoms with E-state index in [1.807, 2.05) is 4.90 Å². The van der Waals surface area contributed by atoms with Crippen LogP contribution >= 0.6 is 0 Å². The number of hydrogen-bond acceptors (Lipinski definition) is 2. The van der Waals surface area contributed by atoms with Crippen molar-refractivity contribution < 1.29 is 9.59 Å². The predicted octanol–water partition coefficient (Wildman–Crippen LogP) is 0.771. The van der Waals surface area contributed by atoms with Crippen LogP contribution in [0.15, 0.2) is 0 Å². The summed E-state index contributed by atoms with van der Waals surface area (Å²) in [5, 5.41) is 2.72. The van der Waals surface area contributed by atoms with Gasteiger partial charge in [-0.05, 0) is 18.3 Å². The molecule has 4 heteroatoms. The van der Waals surface area contributed by atoms with Crippen molar-refractivity contribution in [2.45, 2.75) is 33.1 Å². The van der Waals surface area contributed by atoms with Crippen LogP contribution in [0.5, 0.6) is 0 Å². The molecule has 2 aliphatic rings. The molecule has 2 heterocycles. The Bertz CT molecular complexity index is 302. The fourth-order valence-corrected chi connectivity index (χ4v) is 2.37. The SMILES string of the molecule is CC1(C)CCN(C(=O)C2CNC(=O)C2)CC1. The molecule has 1 atom stereocenters. The van der Waals surface area contributed by atoms with E-state index >= 15 is 0 Å². The fourth-order valence-electron chi connectivity index (χ4n) is 2.37. The fraction of sp³-hybridized carbons (Fsp3) is 0.833. The Hall–Kier alpha value is -1.06. The molecule has 0 aromatic rings. The second kappa shape index (κ2) is 4.07. The van der Waals surface area contributed by atoms with Crippen molar-refractivity contribution >= 4 is 11.8 Å². The number of nitrogens with one attached hydrogen (secondary N) is 1. The predicted molar refractivity (Wildman–Crippen MR) is 60.7 cm³/mol. The van der Waals surface area contributed by atoms with Crippen LogP contribution in [0.4, 0.5) is 0 Å². The zero-order chi connectivity index (χ0) is 11.8. The molecule has 0 radical (unpaired) electrons. The van der Waals surface area contributed by atoms with Crippen LogP contribution < -0.4 is 5.32 Å². The van der Waals surface area contributed by atoms with Crippen molar-refractivity contribution in [3.8, 4) is 0 Å². The highest BCUT2D eigenvalue weighted by molar-refractivity contribution is 5.89. The van der Waals surface area contributed by atoms with E-state index in [1.165, 1.54) is 0 Å². The first-order chi connectivity index (χ1) is 7.48. The minimum Gasteiger partial charge on any atom is -0.355 e. The zero-order valence-corrected chi connectivity index (χ0v) is 10.1. The first kappa shape index (κ1) is 11.4. The van der Waals surface area contributed by atoms with E-state index in [0.717, 1.165) is 25.9 Å². The Labute approximate surface area is 96.4 Å². The molecular formula is C12H20N2O2. The molecule has 0 aliphatic carbocycles. The summed E-state index contributed by atoms with van der Waals surface area (Å²) in [5.74, 6) is 0.0539. The molecule has 0 aromatic carbocycles. The molecule has 1 N–H and O–H groups in total. The maximum absolute atomic E-state index is 12.1. The number of piperidine rings is 1. The van der Waals surface area contributed by atoms with Crippen LogP contribution in [0.3, 0.4) is 0 Å². The summed E-state index contributed by atoms with van der Waals surface area (Å²) < 4.78 is 0. The van der Waals surface area contributed by atoms with Crippen LogP contribution in [0.1, 0.15) is 33.1 Å². The van der Waals surface area contributed by atoms with Gasteiger partial charge in [0.15, 0.2) is 0 Å². The molecule has 2 saturated heterocycles. The van der Waals surface area contributed by atoms with E-state index in [-0.39, 0.29) is 17.7 Å². The lowest BCUT2D eigenvalue weighted by atomic mass is 9.82. The van der Waals surface area contributed by atoms with Gasteiger partial charge in [-0.1, -0.05) is 13.8 Å². The van der Waals surface area contributed by atoms with Gasteiger partial charge in [0.1, 0.15) is 0 Å². The Morgan fingerprint density at radius 1 is 1.38 bits per heavy atom. The highest BCUT2D eigenvalue weighted by Crippen LogP contribution is 2.30. The van der Waals surface area contributed by atoms with Gasteiger partial charge in [-0.15, -0.1) is 0 Å². The number of rotatable bonds is 1. The van der Waals surface area contributed by atoms with Crippen LogP contribution in [-0.2, 0) is 9.59 Å². The van der Waals surface area contributed by atoms with Gasteiger partial charge in [0.25, 0.3) is 0 Å². The van der Waals surface area contributed by atoms with E-state index in [9.17, 15) is 9.59 Å². The van der Waals surface area contributed by atoms with Gasteiger partial charge in [0.05, 0.1) is 5.92 Å². The van der Waals surface area contributed by atoms with Crippen molar-refractivity contribution in [3.63, 3.8) is 0 Å².